The Morgan fingerprint density at radius 2 is 2.12 bits per heavy atom. The summed E-state index contributed by atoms with van der Waals surface area (Å²) in [6.45, 7) is 2.91. The zero-order valence-corrected chi connectivity index (χ0v) is 11.4. The van der Waals surface area contributed by atoms with Crippen LogP contribution in [0.25, 0.3) is 10.9 Å². The van der Waals surface area contributed by atoms with Crippen LogP contribution in [0.3, 0.4) is 0 Å². The molecule has 0 saturated carbocycles. The van der Waals surface area contributed by atoms with Gasteiger partial charge in [-0.25, -0.2) is 0 Å². The van der Waals surface area contributed by atoms with E-state index in [1.165, 1.54) is 11.3 Å². The van der Waals surface area contributed by atoms with Gasteiger partial charge in [-0.1, -0.05) is 11.6 Å². The number of aryl methyl sites for hydroxylation is 2. The first kappa shape index (κ1) is 12.3. The van der Waals surface area contributed by atoms with Crippen molar-refractivity contribution in [1.29, 1.82) is 0 Å². The molecule has 0 unspecified atom stereocenters. The second-order valence-corrected chi connectivity index (χ2v) is 4.54. The van der Waals surface area contributed by atoms with E-state index in [0.29, 0.717) is 0 Å². The lowest BCUT2D eigenvalue weighted by atomic mass is 10.1. The number of halogens is 1. The number of hydrogen-bond donors (Lipinski definition) is 1. The topological polar surface area (TPSA) is 26.2 Å². The number of ether oxygens (including phenoxy) is 1. The largest absolute Gasteiger partial charge is 0.495 e. The summed E-state index contributed by atoms with van der Waals surface area (Å²) in [5.74, 6) is 0.859. The molecule has 0 saturated heterocycles. The Morgan fingerprint density at radius 1 is 1.41 bits per heavy atom. The zero-order chi connectivity index (χ0) is 12.6. The molecule has 0 spiro atoms. The minimum Gasteiger partial charge on any atom is -0.495 e. The van der Waals surface area contributed by atoms with Crippen LogP contribution in [0, 0.1) is 6.92 Å². The van der Waals surface area contributed by atoms with Crippen LogP contribution < -0.4 is 10.1 Å². The molecule has 1 heterocycles. The lowest BCUT2D eigenvalue weighted by molar-refractivity contribution is 0.417. The predicted octanol–water partition coefficient (Wildman–Crippen LogP) is 2.87. The average molecular weight is 253 g/mol. The van der Waals surface area contributed by atoms with Crippen LogP contribution in [-0.4, -0.2) is 18.7 Å². The molecule has 2 rings (SSSR count). The fraction of sp³-hybridized carbons (Fsp3) is 0.385. The number of nitrogens with one attached hydrogen (secondary N) is 1. The molecule has 1 aromatic carbocycles. The van der Waals surface area contributed by atoms with Crippen molar-refractivity contribution in [2.75, 3.05) is 14.2 Å². The molecule has 92 valence electrons. The van der Waals surface area contributed by atoms with Crippen molar-refractivity contribution in [3.05, 3.63) is 28.4 Å². The van der Waals surface area contributed by atoms with Gasteiger partial charge in [-0.2, -0.15) is 0 Å². The molecule has 0 aliphatic heterocycles. The van der Waals surface area contributed by atoms with Crippen molar-refractivity contribution in [2.45, 2.75) is 13.5 Å². The zero-order valence-electron chi connectivity index (χ0n) is 10.6. The van der Waals surface area contributed by atoms with Crippen LogP contribution in [0.15, 0.2) is 12.1 Å². The molecule has 0 radical (unpaired) electrons. The Balaban J connectivity index is 2.85. The van der Waals surface area contributed by atoms with E-state index in [-0.39, 0.29) is 0 Å². The van der Waals surface area contributed by atoms with E-state index in [4.69, 9.17) is 16.3 Å². The van der Waals surface area contributed by atoms with Crippen LogP contribution in [0.5, 0.6) is 5.75 Å². The number of aromatic nitrogens is 1. The van der Waals surface area contributed by atoms with Gasteiger partial charge in [-0.3, -0.25) is 0 Å². The van der Waals surface area contributed by atoms with Gasteiger partial charge >= 0.3 is 0 Å². The monoisotopic (exact) mass is 252 g/mol. The van der Waals surface area contributed by atoms with Gasteiger partial charge in [0.05, 0.1) is 17.6 Å². The normalized spacial score (nSPS) is 11.1. The molecule has 0 fully saturated rings. The molecule has 1 N–H and O–H groups in total. The minimum atomic E-state index is 0.774. The summed E-state index contributed by atoms with van der Waals surface area (Å²) in [7, 11) is 5.67. The molecule has 2 aromatic rings. The Kier molecular flexibility index (Phi) is 3.31. The number of rotatable bonds is 3. The van der Waals surface area contributed by atoms with Gasteiger partial charge < -0.3 is 14.6 Å². The molecule has 3 nitrogen and oxygen atoms in total. The number of methoxy groups -OCH3 is 1. The van der Waals surface area contributed by atoms with Gasteiger partial charge in [-0.15, -0.1) is 0 Å². The van der Waals surface area contributed by atoms with E-state index >= 15 is 0 Å². The molecule has 0 amide bonds. The number of nitrogens with zero attached hydrogens (tertiary/aromatic N) is 1. The maximum atomic E-state index is 6.29. The molecule has 17 heavy (non-hydrogen) atoms. The van der Waals surface area contributed by atoms with E-state index in [2.05, 4.69) is 16.8 Å². The molecule has 0 aliphatic rings. The summed E-state index contributed by atoms with van der Waals surface area (Å²) in [5.41, 5.74) is 3.50. The highest BCUT2D eigenvalue weighted by Crippen LogP contribution is 2.36. The van der Waals surface area contributed by atoms with Gasteiger partial charge in [0, 0.05) is 24.7 Å². The van der Waals surface area contributed by atoms with Gasteiger partial charge in [0.15, 0.2) is 0 Å². The van der Waals surface area contributed by atoms with E-state index in [9.17, 15) is 0 Å². The summed E-state index contributed by atoms with van der Waals surface area (Å²) >= 11 is 6.29. The number of fused-ring (bicyclic) bond motifs is 1. The Labute approximate surface area is 106 Å². The Morgan fingerprint density at radius 3 is 2.71 bits per heavy atom. The van der Waals surface area contributed by atoms with Gasteiger partial charge in [0.2, 0.25) is 0 Å². The molecule has 1 aromatic heterocycles. The van der Waals surface area contributed by atoms with Crippen molar-refractivity contribution >= 4 is 22.5 Å². The highest BCUT2D eigenvalue weighted by atomic mass is 35.5. The third-order valence-corrected chi connectivity index (χ3v) is 3.52. The van der Waals surface area contributed by atoms with Gasteiger partial charge in [0.1, 0.15) is 5.75 Å². The highest BCUT2D eigenvalue weighted by molar-refractivity contribution is 6.36. The smallest absolute Gasteiger partial charge is 0.143 e. The first-order valence-corrected chi connectivity index (χ1v) is 5.94. The predicted molar refractivity (Wildman–Crippen MR) is 72.0 cm³/mol. The summed E-state index contributed by atoms with van der Waals surface area (Å²) in [6.07, 6.45) is 0. The maximum Gasteiger partial charge on any atom is 0.143 e. The first-order valence-electron chi connectivity index (χ1n) is 5.56. The van der Waals surface area contributed by atoms with Crippen molar-refractivity contribution in [3.63, 3.8) is 0 Å². The molecule has 0 atom stereocenters. The second kappa shape index (κ2) is 4.59. The highest BCUT2D eigenvalue weighted by Gasteiger charge is 2.17. The van der Waals surface area contributed by atoms with Gasteiger partial charge in [0.25, 0.3) is 0 Å². The maximum absolute atomic E-state index is 6.29. The Hall–Kier alpha value is -1.19. The van der Waals surface area contributed by atoms with Crippen molar-refractivity contribution in [1.82, 2.24) is 9.88 Å². The van der Waals surface area contributed by atoms with E-state index in [1.807, 2.05) is 26.2 Å². The summed E-state index contributed by atoms with van der Waals surface area (Å²) in [4.78, 5) is 0. The van der Waals surface area contributed by atoms with E-state index in [0.717, 1.165) is 28.2 Å². The lowest BCUT2D eigenvalue weighted by Crippen LogP contribution is -2.10. The standard InChI is InChI=1S/C13H17ClN2O/c1-8-10(7-15-2)16(3)13-11(17-4)6-5-9(14)12(8)13/h5-6,15H,7H2,1-4H3. The fourth-order valence-corrected chi connectivity index (χ4v) is 2.65. The molecule has 0 aliphatic carbocycles. The third kappa shape index (κ3) is 1.79. The molecular weight excluding hydrogens is 236 g/mol. The fourth-order valence-electron chi connectivity index (χ4n) is 2.35. The van der Waals surface area contributed by atoms with Crippen LogP contribution in [0.1, 0.15) is 11.3 Å². The van der Waals surface area contributed by atoms with Crippen molar-refractivity contribution in [3.8, 4) is 5.75 Å². The SMILES string of the molecule is CNCc1c(C)c2c(Cl)ccc(OC)c2n1C. The molecular formula is C13H17ClN2O. The van der Waals surface area contributed by atoms with Crippen LogP contribution in [-0.2, 0) is 13.6 Å². The minimum absolute atomic E-state index is 0.774. The van der Waals surface area contributed by atoms with Crippen LogP contribution in [0.4, 0.5) is 0 Å². The van der Waals surface area contributed by atoms with Crippen molar-refractivity contribution in [2.24, 2.45) is 7.05 Å². The second-order valence-electron chi connectivity index (χ2n) is 4.13. The summed E-state index contributed by atoms with van der Waals surface area (Å²) in [6, 6.07) is 3.80. The Bertz CT molecular complexity index is 560. The average Bonchev–Trinajstić information content (AvgIpc) is 2.56. The van der Waals surface area contributed by atoms with Crippen LogP contribution >= 0.6 is 11.6 Å². The lowest BCUT2D eigenvalue weighted by Gasteiger charge is -2.07. The first-order chi connectivity index (χ1) is 8.11. The summed E-state index contributed by atoms with van der Waals surface area (Å²) < 4.78 is 7.55. The van der Waals surface area contributed by atoms with Crippen LogP contribution in [0.2, 0.25) is 5.02 Å². The summed E-state index contributed by atoms with van der Waals surface area (Å²) in [5, 5.41) is 5.04. The number of hydrogen-bond acceptors (Lipinski definition) is 2. The number of benzene rings is 1. The van der Waals surface area contributed by atoms with Gasteiger partial charge in [-0.05, 0) is 31.7 Å². The van der Waals surface area contributed by atoms with E-state index < -0.39 is 0 Å². The molecule has 0 bridgehead atoms. The quantitative estimate of drug-likeness (QED) is 0.909. The molecule has 4 heteroatoms. The third-order valence-electron chi connectivity index (χ3n) is 3.20. The van der Waals surface area contributed by atoms with E-state index in [1.54, 1.807) is 7.11 Å². The van der Waals surface area contributed by atoms with Crippen molar-refractivity contribution < 1.29 is 4.74 Å².